The van der Waals surface area contributed by atoms with Crippen LogP contribution < -0.4 is 0 Å². The van der Waals surface area contributed by atoms with E-state index in [0.717, 1.165) is 50.8 Å². The van der Waals surface area contributed by atoms with Gasteiger partial charge in [-0.25, -0.2) is 4.39 Å². The summed E-state index contributed by atoms with van der Waals surface area (Å²) in [5.74, 6) is 0.0185. The second-order valence-electron chi connectivity index (χ2n) is 6.74. The van der Waals surface area contributed by atoms with Crippen LogP contribution in [0.3, 0.4) is 0 Å². The fraction of sp³-hybridized carbons (Fsp3) is 0.579. The molecule has 0 unspecified atom stereocenters. The van der Waals surface area contributed by atoms with Gasteiger partial charge in [0, 0.05) is 32.5 Å². The van der Waals surface area contributed by atoms with Gasteiger partial charge in [0.25, 0.3) is 0 Å². The fourth-order valence-corrected chi connectivity index (χ4v) is 3.75. The van der Waals surface area contributed by atoms with Crippen LogP contribution in [0.25, 0.3) is 0 Å². The van der Waals surface area contributed by atoms with Crippen molar-refractivity contribution >= 4 is 11.8 Å². The number of nitrogens with zero attached hydrogens (tertiary/aromatic N) is 2. The molecule has 0 aromatic heterocycles. The first-order chi connectivity index (χ1) is 11.6. The predicted octanol–water partition coefficient (Wildman–Crippen LogP) is 3.28. The Balaban J connectivity index is 1.59. The van der Waals surface area contributed by atoms with Crippen molar-refractivity contribution in [1.29, 1.82) is 0 Å². The minimum Gasteiger partial charge on any atom is -0.342 e. The molecule has 0 aliphatic carbocycles. The van der Waals surface area contributed by atoms with E-state index in [0.29, 0.717) is 19.4 Å². The lowest BCUT2D eigenvalue weighted by atomic mass is 10.0. The molecule has 2 amide bonds. The highest BCUT2D eigenvalue weighted by atomic mass is 19.1. The molecule has 24 heavy (non-hydrogen) atoms. The molecule has 0 saturated carbocycles. The zero-order chi connectivity index (χ0) is 16.9. The molecule has 2 heterocycles. The summed E-state index contributed by atoms with van der Waals surface area (Å²) in [6, 6.07) is 6.48. The second-order valence-corrected chi connectivity index (χ2v) is 6.74. The number of likely N-dealkylation sites (tertiary alicyclic amines) is 2. The van der Waals surface area contributed by atoms with Crippen molar-refractivity contribution in [3.63, 3.8) is 0 Å². The van der Waals surface area contributed by atoms with Gasteiger partial charge in [0.2, 0.25) is 11.8 Å². The quantitative estimate of drug-likeness (QED) is 0.849. The summed E-state index contributed by atoms with van der Waals surface area (Å²) < 4.78 is 13.1. The SMILES string of the molecule is O=C1CCCCCN1CCC(=O)N1CCC[C@H]1c1ccc(F)cc1. The van der Waals surface area contributed by atoms with E-state index in [9.17, 15) is 14.0 Å². The van der Waals surface area contributed by atoms with Gasteiger partial charge < -0.3 is 9.80 Å². The third-order valence-electron chi connectivity index (χ3n) is 5.09. The van der Waals surface area contributed by atoms with E-state index < -0.39 is 0 Å². The predicted molar refractivity (Wildman–Crippen MR) is 89.8 cm³/mol. The smallest absolute Gasteiger partial charge is 0.224 e. The first kappa shape index (κ1) is 16.9. The molecule has 0 N–H and O–H groups in total. The number of amides is 2. The average Bonchev–Trinajstić information content (AvgIpc) is 2.98. The summed E-state index contributed by atoms with van der Waals surface area (Å²) in [6.07, 6.45) is 5.95. The van der Waals surface area contributed by atoms with Crippen LogP contribution in [0.1, 0.15) is 56.6 Å². The summed E-state index contributed by atoms with van der Waals surface area (Å²) in [5, 5.41) is 0. The van der Waals surface area contributed by atoms with Gasteiger partial charge in [0.05, 0.1) is 6.04 Å². The lowest BCUT2D eigenvalue weighted by molar-refractivity contribution is -0.134. The minimum absolute atomic E-state index is 0.0398. The maximum Gasteiger partial charge on any atom is 0.224 e. The molecule has 2 aliphatic rings. The maximum atomic E-state index is 13.1. The molecule has 1 aromatic rings. The van der Waals surface area contributed by atoms with Crippen LogP contribution in [0.4, 0.5) is 4.39 Å². The van der Waals surface area contributed by atoms with Gasteiger partial charge >= 0.3 is 0 Å². The summed E-state index contributed by atoms with van der Waals surface area (Å²) in [7, 11) is 0. The summed E-state index contributed by atoms with van der Waals surface area (Å²) in [4.78, 5) is 28.4. The van der Waals surface area contributed by atoms with Crippen molar-refractivity contribution in [2.45, 2.75) is 51.0 Å². The van der Waals surface area contributed by atoms with Crippen LogP contribution in [0, 0.1) is 5.82 Å². The van der Waals surface area contributed by atoms with Crippen molar-refractivity contribution in [2.24, 2.45) is 0 Å². The normalized spacial score (nSPS) is 21.9. The lowest BCUT2D eigenvalue weighted by Gasteiger charge is -2.27. The summed E-state index contributed by atoms with van der Waals surface area (Å²) >= 11 is 0. The number of carbonyl (C=O) groups is 2. The van der Waals surface area contributed by atoms with E-state index in [4.69, 9.17) is 0 Å². The average molecular weight is 332 g/mol. The van der Waals surface area contributed by atoms with Crippen LogP contribution in [0.15, 0.2) is 24.3 Å². The van der Waals surface area contributed by atoms with Gasteiger partial charge in [-0.3, -0.25) is 9.59 Å². The Labute approximate surface area is 142 Å². The number of halogens is 1. The highest BCUT2D eigenvalue weighted by Gasteiger charge is 2.30. The molecule has 130 valence electrons. The molecule has 5 heteroatoms. The van der Waals surface area contributed by atoms with Gasteiger partial charge in [-0.05, 0) is 43.4 Å². The first-order valence-corrected chi connectivity index (χ1v) is 8.98. The Bertz CT molecular complexity index is 588. The number of rotatable bonds is 4. The van der Waals surface area contributed by atoms with Gasteiger partial charge in [0.15, 0.2) is 0 Å². The highest BCUT2D eigenvalue weighted by Crippen LogP contribution is 2.32. The van der Waals surface area contributed by atoms with E-state index in [-0.39, 0.29) is 23.7 Å². The van der Waals surface area contributed by atoms with E-state index in [1.54, 1.807) is 12.1 Å². The van der Waals surface area contributed by atoms with Crippen LogP contribution in [-0.4, -0.2) is 41.2 Å². The largest absolute Gasteiger partial charge is 0.342 e. The van der Waals surface area contributed by atoms with Crippen molar-refractivity contribution in [2.75, 3.05) is 19.6 Å². The van der Waals surface area contributed by atoms with Crippen molar-refractivity contribution in [1.82, 2.24) is 9.80 Å². The van der Waals surface area contributed by atoms with E-state index >= 15 is 0 Å². The van der Waals surface area contributed by atoms with Gasteiger partial charge in [0.1, 0.15) is 5.82 Å². The molecular formula is C19H25FN2O2. The molecule has 3 rings (SSSR count). The summed E-state index contributed by atoms with van der Waals surface area (Å²) in [6.45, 7) is 2.03. The Morgan fingerprint density at radius 3 is 2.67 bits per heavy atom. The van der Waals surface area contributed by atoms with Crippen molar-refractivity contribution in [3.05, 3.63) is 35.6 Å². The van der Waals surface area contributed by atoms with Crippen molar-refractivity contribution in [3.8, 4) is 0 Å². The van der Waals surface area contributed by atoms with Gasteiger partial charge in [-0.1, -0.05) is 18.6 Å². The third-order valence-corrected chi connectivity index (χ3v) is 5.09. The monoisotopic (exact) mass is 332 g/mol. The number of carbonyl (C=O) groups excluding carboxylic acids is 2. The molecule has 0 spiro atoms. The van der Waals surface area contributed by atoms with E-state index in [1.165, 1.54) is 12.1 Å². The molecule has 0 radical (unpaired) electrons. The Hall–Kier alpha value is -1.91. The first-order valence-electron chi connectivity index (χ1n) is 8.98. The molecule has 2 fully saturated rings. The Kier molecular flexibility index (Phi) is 5.48. The van der Waals surface area contributed by atoms with E-state index in [1.807, 2.05) is 9.80 Å². The molecule has 2 saturated heterocycles. The standard InChI is InChI=1S/C19H25FN2O2/c20-16-9-7-15(8-10-16)17-5-4-13-22(17)19(24)11-14-21-12-3-1-2-6-18(21)23/h7-10,17H,1-6,11-14H2/t17-/m0/s1. The molecule has 4 nitrogen and oxygen atoms in total. The van der Waals surface area contributed by atoms with E-state index in [2.05, 4.69) is 0 Å². The fourth-order valence-electron chi connectivity index (χ4n) is 3.75. The highest BCUT2D eigenvalue weighted by molar-refractivity contribution is 5.79. The zero-order valence-corrected chi connectivity index (χ0v) is 14.0. The summed E-state index contributed by atoms with van der Waals surface area (Å²) in [5.41, 5.74) is 0.994. The molecular weight excluding hydrogens is 307 g/mol. The number of benzene rings is 1. The molecule has 1 aromatic carbocycles. The Morgan fingerprint density at radius 2 is 1.88 bits per heavy atom. The molecule has 2 aliphatic heterocycles. The minimum atomic E-state index is -0.255. The van der Waals surface area contributed by atoms with Crippen molar-refractivity contribution < 1.29 is 14.0 Å². The number of hydrogen-bond donors (Lipinski definition) is 0. The van der Waals surface area contributed by atoms with Gasteiger partial charge in [-0.2, -0.15) is 0 Å². The van der Waals surface area contributed by atoms with Crippen LogP contribution >= 0.6 is 0 Å². The van der Waals surface area contributed by atoms with Crippen LogP contribution in [-0.2, 0) is 9.59 Å². The van der Waals surface area contributed by atoms with Gasteiger partial charge in [-0.15, -0.1) is 0 Å². The molecule has 1 atom stereocenters. The van der Waals surface area contributed by atoms with Crippen LogP contribution in [0.5, 0.6) is 0 Å². The zero-order valence-electron chi connectivity index (χ0n) is 14.0. The maximum absolute atomic E-state index is 13.1. The number of hydrogen-bond acceptors (Lipinski definition) is 2. The second kappa shape index (κ2) is 7.77. The Morgan fingerprint density at radius 1 is 1.08 bits per heavy atom. The van der Waals surface area contributed by atoms with Crippen LogP contribution in [0.2, 0.25) is 0 Å². The molecule has 0 bridgehead atoms. The topological polar surface area (TPSA) is 40.6 Å². The lowest BCUT2D eigenvalue weighted by Crippen LogP contribution is -2.36. The third kappa shape index (κ3) is 3.94.